The summed E-state index contributed by atoms with van der Waals surface area (Å²) < 4.78 is 26.4. The van der Waals surface area contributed by atoms with E-state index in [9.17, 15) is 13.2 Å². The Kier molecular flexibility index (Phi) is 4.87. The number of carboxylic acid groups (broad SMARTS) is 1. The van der Waals surface area contributed by atoms with Crippen LogP contribution in [0.15, 0.2) is 23.1 Å². The van der Waals surface area contributed by atoms with E-state index in [0.717, 1.165) is 6.07 Å². The number of aromatic carboxylic acids is 1. The summed E-state index contributed by atoms with van der Waals surface area (Å²) in [5.74, 6) is -1.31. The lowest BCUT2D eigenvalue weighted by Gasteiger charge is -2.12. The second kappa shape index (κ2) is 6.00. The summed E-state index contributed by atoms with van der Waals surface area (Å²) in [6.45, 7) is 0.688. The summed E-state index contributed by atoms with van der Waals surface area (Å²) in [7, 11) is -0.286. The molecule has 0 atom stereocenters. The lowest BCUT2D eigenvalue weighted by molar-refractivity contribution is 0.0692. The largest absolute Gasteiger partial charge is 0.478 e. The molecule has 1 rings (SSSR count). The zero-order valence-corrected chi connectivity index (χ0v) is 11.6. The standard InChI is InChI=1S/C11H17N3O4S/c1-14(2)6-5-13-19(17,18)10-7-8(12)3-4-9(10)11(15)16/h3-4,7,13H,5-6,12H2,1-2H3,(H,15,16). The highest BCUT2D eigenvalue weighted by molar-refractivity contribution is 7.89. The number of sulfonamides is 1. The molecular weight excluding hydrogens is 270 g/mol. The number of carbonyl (C=O) groups is 1. The van der Waals surface area contributed by atoms with Crippen molar-refractivity contribution in [3.63, 3.8) is 0 Å². The quantitative estimate of drug-likeness (QED) is 0.625. The number of nitrogens with two attached hydrogens (primary N) is 1. The predicted octanol–water partition coefficient (Wildman–Crippen LogP) is -0.193. The van der Waals surface area contributed by atoms with E-state index in [0.29, 0.717) is 6.54 Å². The van der Waals surface area contributed by atoms with E-state index in [1.807, 2.05) is 0 Å². The highest BCUT2D eigenvalue weighted by Gasteiger charge is 2.22. The fraction of sp³-hybridized carbons (Fsp3) is 0.364. The first-order chi connectivity index (χ1) is 8.74. The van der Waals surface area contributed by atoms with Crippen LogP contribution in [0.2, 0.25) is 0 Å². The number of benzene rings is 1. The van der Waals surface area contributed by atoms with Gasteiger partial charge in [-0.2, -0.15) is 0 Å². The van der Waals surface area contributed by atoms with Gasteiger partial charge in [-0.15, -0.1) is 0 Å². The number of anilines is 1. The Morgan fingerprint density at radius 2 is 2.05 bits per heavy atom. The van der Waals surface area contributed by atoms with Crippen LogP contribution < -0.4 is 10.5 Å². The van der Waals surface area contributed by atoms with Crippen molar-refractivity contribution in [2.45, 2.75) is 4.90 Å². The number of nitrogens with one attached hydrogen (secondary N) is 1. The molecule has 0 radical (unpaired) electrons. The van der Waals surface area contributed by atoms with Gasteiger partial charge in [0, 0.05) is 18.8 Å². The van der Waals surface area contributed by atoms with Crippen LogP contribution in [0.5, 0.6) is 0 Å². The Bertz CT molecular complexity index is 569. The Balaban J connectivity index is 3.06. The van der Waals surface area contributed by atoms with E-state index in [-0.39, 0.29) is 22.7 Å². The fourth-order valence-corrected chi connectivity index (χ4v) is 2.67. The molecule has 0 unspecified atom stereocenters. The summed E-state index contributed by atoms with van der Waals surface area (Å²) in [6, 6.07) is 3.67. The highest BCUT2D eigenvalue weighted by Crippen LogP contribution is 2.19. The molecule has 4 N–H and O–H groups in total. The lowest BCUT2D eigenvalue weighted by Crippen LogP contribution is -2.32. The van der Waals surface area contributed by atoms with Gasteiger partial charge in [-0.3, -0.25) is 0 Å². The Morgan fingerprint density at radius 3 is 2.58 bits per heavy atom. The Labute approximate surface area is 112 Å². The van der Waals surface area contributed by atoms with Crippen molar-refractivity contribution in [1.82, 2.24) is 9.62 Å². The Hall–Kier alpha value is -1.64. The van der Waals surface area contributed by atoms with E-state index in [1.54, 1.807) is 19.0 Å². The molecule has 0 saturated heterocycles. The minimum absolute atomic E-state index is 0.184. The molecule has 0 bridgehead atoms. The molecule has 0 aliphatic heterocycles. The number of hydrogen-bond acceptors (Lipinski definition) is 5. The topological polar surface area (TPSA) is 113 Å². The first-order valence-electron chi connectivity index (χ1n) is 5.51. The van der Waals surface area contributed by atoms with Gasteiger partial charge >= 0.3 is 5.97 Å². The lowest BCUT2D eigenvalue weighted by atomic mass is 10.2. The van der Waals surface area contributed by atoms with Crippen molar-refractivity contribution >= 4 is 21.7 Å². The van der Waals surface area contributed by atoms with Crippen LogP contribution in [0.3, 0.4) is 0 Å². The number of nitrogens with zero attached hydrogens (tertiary/aromatic N) is 1. The molecular formula is C11H17N3O4S. The smallest absolute Gasteiger partial charge is 0.337 e. The maximum absolute atomic E-state index is 12.0. The number of nitrogen functional groups attached to an aromatic ring is 1. The van der Waals surface area contributed by atoms with Gasteiger partial charge in [0.15, 0.2) is 0 Å². The van der Waals surface area contributed by atoms with Gasteiger partial charge in [-0.1, -0.05) is 0 Å². The van der Waals surface area contributed by atoms with Gasteiger partial charge in [-0.25, -0.2) is 17.9 Å². The maximum Gasteiger partial charge on any atom is 0.337 e. The zero-order valence-electron chi connectivity index (χ0n) is 10.8. The molecule has 0 saturated carbocycles. The van der Waals surface area contributed by atoms with Gasteiger partial charge in [0.2, 0.25) is 10.0 Å². The van der Waals surface area contributed by atoms with E-state index >= 15 is 0 Å². The fourth-order valence-electron chi connectivity index (χ4n) is 1.42. The third-order valence-corrected chi connectivity index (χ3v) is 3.88. The summed E-state index contributed by atoms with van der Waals surface area (Å²) >= 11 is 0. The average molecular weight is 287 g/mol. The van der Waals surface area contributed by atoms with Crippen molar-refractivity contribution in [3.05, 3.63) is 23.8 Å². The Morgan fingerprint density at radius 1 is 1.42 bits per heavy atom. The summed E-state index contributed by atoms with van der Waals surface area (Å²) in [5, 5.41) is 8.99. The second-order valence-electron chi connectivity index (χ2n) is 4.26. The van der Waals surface area contributed by atoms with Crippen LogP contribution in [0.4, 0.5) is 5.69 Å². The molecule has 106 valence electrons. The third-order valence-electron chi connectivity index (χ3n) is 2.38. The predicted molar refractivity (Wildman–Crippen MR) is 71.6 cm³/mol. The summed E-state index contributed by atoms with van der Waals surface area (Å²) in [4.78, 5) is 12.5. The van der Waals surface area contributed by atoms with Crippen LogP contribution in [0.25, 0.3) is 0 Å². The molecule has 19 heavy (non-hydrogen) atoms. The van der Waals surface area contributed by atoms with E-state index in [1.165, 1.54) is 12.1 Å². The normalized spacial score (nSPS) is 11.7. The average Bonchev–Trinajstić information content (AvgIpc) is 2.27. The van der Waals surface area contributed by atoms with E-state index in [4.69, 9.17) is 10.8 Å². The molecule has 0 spiro atoms. The summed E-state index contributed by atoms with van der Waals surface area (Å²) in [5.41, 5.74) is 5.40. The van der Waals surface area contributed by atoms with Crippen molar-refractivity contribution in [2.75, 3.05) is 32.9 Å². The molecule has 1 aromatic rings. The third kappa shape index (κ3) is 4.19. The maximum atomic E-state index is 12.0. The van der Waals surface area contributed by atoms with E-state index in [2.05, 4.69) is 4.72 Å². The molecule has 8 heteroatoms. The number of carboxylic acids is 1. The molecule has 0 fully saturated rings. The molecule has 0 aliphatic carbocycles. The van der Waals surface area contributed by atoms with Gasteiger partial charge < -0.3 is 15.7 Å². The van der Waals surface area contributed by atoms with Crippen molar-refractivity contribution in [2.24, 2.45) is 0 Å². The minimum atomic E-state index is -3.89. The zero-order chi connectivity index (χ0) is 14.6. The summed E-state index contributed by atoms with van der Waals surface area (Å²) in [6.07, 6.45) is 0. The second-order valence-corrected chi connectivity index (χ2v) is 6.00. The van der Waals surface area contributed by atoms with Crippen molar-refractivity contribution in [3.8, 4) is 0 Å². The molecule has 0 aliphatic rings. The molecule has 1 aromatic carbocycles. The molecule has 0 amide bonds. The van der Waals surface area contributed by atoms with Crippen LogP contribution in [-0.4, -0.2) is 51.6 Å². The minimum Gasteiger partial charge on any atom is -0.478 e. The van der Waals surface area contributed by atoms with Crippen LogP contribution in [0.1, 0.15) is 10.4 Å². The van der Waals surface area contributed by atoms with Gasteiger partial charge in [0.1, 0.15) is 0 Å². The first kappa shape index (κ1) is 15.4. The number of likely N-dealkylation sites (N-methyl/N-ethyl adjacent to an activating group) is 1. The molecule has 0 heterocycles. The first-order valence-corrected chi connectivity index (χ1v) is 6.99. The van der Waals surface area contributed by atoms with Crippen LogP contribution in [-0.2, 0) is 10.0 Å². The van der Waals surface area contributed by atoms with Gasteiger partial charge in [0.25, 0.3) is 0 Å². The van der Waals surface area contributed by atoms with Crippen molar-refractivity contribution in [1.29, 1.82) is 0 Å². The number of rotatable bonds is 6. The van der Waals surface area contributed by atoms with Gasteiger partial charge in [-0.05, 0) is 32.3 Å². The monoisotopic (exact) mass is 287 g/mol. The molecule has 7 nitrogen and oxygen atoms in total. The number of hydrogen-bond donors (Lipinski definition) is 3. The van der Waals surface area contributed by atoms with Gasteiger partial charge in [0.05, 0.1) is 10.5 Å². The van der Waals surface area contributed by atoms with Crippen LogP contribution in [0, 0.1) is 0 Å². The van der Waals surface area contributed by atoms with Crippen molar-refractivity contribution < 1.29 is 18.3 Å². The van der Waals surface area contributed by atoms with E-state index < -0.39 is 16.0 Å². The SMILES string of the molecule is CN(C)CCNS(=O)(=O)c1cc(N)ccc1C(=O)O. The van der Waals surface area contributed by atoms with Crippen LogP contribution >= 0.6 is 0 Å². The molecule has 0 aromatic heterocycles. The highest BCUT2D eigenvalue weighted by atomic mass is 32.2.